The molecule has 6 heteroatoms. The van der Waals surface area contributed by atoms with Gasteiger partial charge < -0.3 is 9.47 Å². The van der Waals surface area contributed by atoms with E-state index >= 15 is 0 Å². The van der Waals surface area contributed by atoms with Gasteiger partial charge in [-0.25, -0.2) is 4.98 Å². The molecule has 0 bridgehead atoms. The predicted octanol–water partition coefficient (Wildman–Crippen LogP) is 3.33. The number of nitrogens with zero attached hydrogens (tertiary/aromatic N) is 3. The van der Waals surface area contributed by atoms with Crippen molar-refractivity contribution < 1.29 is 4.79 Å². The molecule has 106 valence electrons. The lowest BCUT2D eigenvalue weighted by Crippen LogP contribution is -2.38. The van der Waals surface area contributed by atoms with Crippen LogP contribution in [0.2, 0.25) is 0 Å². The summed E-state index contributed by atoms with van der Waals surface area (Å²) in [7, 11) is 0. The summed E-state index contributed by atoms with van der Waals surface area (Å²) in [5, 5.41) is 8.05. The third kappa shape index (κ3) is 2.20. The van der Waals surface area contributed by atoms with E-state index in [0.717, 1.165) is 30.2 Å². The summed E-state index contributed by atoms with van der Waals surface area (Å²) in [5.74, 6) is 1.06. The number of hydrogen-bond donors (Lipinski definition) is 0. The smallest absolute Gasteiger partial charge is 0.255 e. The fraction of sp³-hybridized carbons (Fsp3) is 0.200. The number of rotatable bonds is 2. The maximum atomic E-state index is 12.4. The normalized spacial score (nSPS) is 14.2. The zero-order valence-electron chi connectivity index (χ0n) is 11.2. The van der Waals surface area contributed by atoms with Crippen LogP contribution in [0.25, 0.3) is 11.3 Å². The molecule has 1 aliphatic rings. The van der Waals surface area contributed by atoms with Gasteiger partial charge in [0.15, 0.2) is 0 Å². The molecule has 0 unspecified atom stereocenters. The third-order valence-corrected chi connectivity index (χ3v) is 5.10. The average Bonchev–Trinajstić information content (AvgIpc) is 3.24. The zero-order chi connectivity index (χ0) is 14.2. The van der Waals surface area contributed by atoms with Crippen LogP contribution in [0.15, 0.2) is 39.8 Å². The molecule has 3 aromatic heterocycles. The fourth-order valence-electron chi connectivity index (χ4n) is 2.64. The maximum Gasteiger partial charge on any atom is 0.255 e. The highest BCUT2D eigenvalue weighted by Crippen LogP contribution is 2.26. The molecule has 0 atom stereocenters. The van der Waals surface area contributed by atoms with Crippen molar-refractivity contribution in [3.05, 3.63) is 51.2 Å². The molecule has 0 aromatic carbocycles. The number of carbonyl (C=O) groups is 1. The number of aromatic nitrogens is 2. The van der Waals surface area contributed by atoms with Crippen LogP contribution in [0.5, 0.6) is 0 Å². The number of thiophene rings is 2. The van der Waals surface area contributed by atoms with Crippen molar-refractivity contribution in [3.8, 4) is 11.3 Å². The Hall–Kier alpha value is -1.92. The van der Waals surface area contributed by atoms with E-state index in [1.54, 1.807) is 22.7 Å². The first kappa shape index (κ1) is 12.8. The molecule has 1 aliphatic heterocycles. The van der Waals surface area contributed by atoms with Crippen molar-refractivity contribution in [1.82, 2.24) is 14.5 Å². The monoisotopic (exact) mass is 315 g/mol. The van der Waals surface area contributed by atoms with Crippen LogP contribution in [-0.2, 0) is 13.1 Å². The van der Waals surface area contributed by atoms with E-state index in [0.29, 0.717) is 6.54 Å². The summed E-state index contributed by atoms with van der Waals surface area (Å²) in [6, 6.07) is 3.99. The Balaban J connectivity index is 1.61. The van der Waals surface area contributed by atoms with Gasteiger partial charge in [-0.15, -0.1) is 0 Å². The predicted molar refractivity (Wildman–Crippen MR) is 84.6 cm³/mol. The van der Waals surface area contributed by atoms with Crippen LogP contribution in [0.4, 0.5) is 0 Å². The van der Waals surface area contributed by atoms with E-state index in [9.17, 15) is 4.79 Å². The summed E-state index contributed by atoms with van der Waals surface area (Å²) < 4.78 is 2.22. The largest absolute Gasteiger partial charge is 0.329 e. The van der Waals surface area contributed by atoms with E-state index in [1.807, 2.05) is 27.9 Å². The van der Waals surface area contributed by atoms with Gasteiger partial charge in [0.05, 0.1) is 24.0 Å². The molecule has 3 aromatic rings. The third-order valence-electron chi connectivity index (χ3n) is 3.74. The van der Waals surface area contributed by atoms with E-state index < -0.39 is 0 Å². The molecule has 0 saturated carbocycles. The van der Waals surface area contributed by atoms with Gasteiger partial charge >= 0.3 is 0 Å². The Morgan fingerprint density at radius 3 is 2.76 bits per heavy atom. The maximum absolute atomic E-state index is 12.4. The number of imidazole rings is 1. The van der Waals surface area contributed by atoms with Gasteiger partial charge in [0.25, 0.3) is 5.91 Å². The summed E-state index contributed by atoms with van der Waals surface area (Å²) >= 11 is 3.24. The minimum Gasteiger partial charge on any atom is -0.329 e. The zero-order valence-corrected chi connectivity index (χ0v) is 12.9. The van der Waals surface area contributed by atoms with Crippen LogP contribution in [0.1, 0.15) is 16.2 Å². The standard InChI is InChI=1S/C15H13N3OS2/c19-15(12-2-6-21-10-12)17-3-4-18-13(7-16-14(18)8-17)11-1-5-20-9-11/h1-2,5-7,9-10H,3-4,8H2. The molecule has 0 saturated heterocycles. The second-order valence-electron chi connectivity index (χ2n) is 4.96. The molecule has 0 aliphatic carbocycles. The molecular weight excluding hydrogens is 302 g/mol. The van der Waals surface area contributed by atoms with Gasteiger partial charge in [0, 0.05) is 29.4 Å². The molecule has 1 amide bonds. The van der Waals surface area contributed by atoms with Gasteiger partial charge in [-0.1, -0.05) is 0 Å². The van der Waals surface area contributed by atoms with E-state index in [2.05, 4.69) is 26.4 Å². The first-order valence-electron chi connectivity index (χ1n) is 6.71. The van der Waals surface area contributed by atoms with Crippen molar-refractivity contribution >= 4 is 28.6 Å². The molecule has 0 fully saturated rings. The van der Waals surface area contributed by atoms with Crippen molar-refractivity contribution in [2.75, 3.05) is 6.54 Å². The summed E-state index contributed by atoms with van der Waals surface area (Å²) in [6.07, 6.45) is 1.91. The molecule has 4 heterocycles. The molecule has 0 radical (unpaired) electrons. The lowest BCUT2D eigenvalue weighted by molar-refractivity contribution is 0.0708. The van der Waals surface area contributed by atoms with Gasteiger partial charge in [0.2, 0.25) is 0 Å². The second-order valence-corrected chi connectivity index (χ2v) is 6.52. The molecule has 4 rings (SSSR count). The summed E-state index contributed by atoms with van der Waals surface area (Å²) in [4.78, 5) is 18.8. The van der Waals surface area contributed by atoms with Crippen LogP contribution in [-0.4, -0.2) is 26.9 Å². The summed E-state index contributed by atoms with van der Waals surface area (Å²) in [5.41, 5.74) is 3.13. The number of amides is 1. The highest BCUT2D eigenvalue weighted by atomic mass is 32.1. The van der Waals surface area contributed by atoms with E-state index in [1.165, 1.54) is 5.56 Å². The fourth-order valence-corrected chi connectivity index (χ4v) is 3.92. The molecular formula is C15H13N3OS2. The number of carbonyl (C=O) groups excluding carboxylic acids is 1. The minimum atomic E-state index is 0.0996. The summed E-state index contributed by atoms with van der Waals surface area (Å²) in [6.45, 7) is 2.12. The average molecular weight is 315 g/mol. The van der Waals surface area contributed by atoms with Crippen molar-refractivity contribution in [2.24, 2.45) is 0 Å². The Bertz CT molecular complexity index is 759. The Kier molecular flexibility index (Phi) is 3.12. The van der Waals surface area contributed by atoms with Gasteiger partial charge in [-0.3, -0.25) is 4.79 Å². The van der Waals surface area contributed by atoms with Gasteiger partial charge in [0.1, 0.15) is 5.82 Å². The number of fused-ring (bicyclic) bond motifs is 1. The van der Waals surface area contributed by atoms with Crippen molar-refractivity contribution in [2.45, 2.75) is 13.1 Å². The van der Waals surface area contributed by atoms with Crippen LogP contribution in [0.3, 0.4) is 0 Å². The van der Waals surface area contributed by atoms with Crippen molar-refractivity contribution in [3.63, 3.8) is 0 Å². The van der Waals surface area contributed by atoms with Crippen LogP contribution in [0, 0.1) is 0 Å². The van der Waals surface area contributed by atoms with Gasteiger partial charge in [-0.2, -0.15) is 22.7 Å². The Labute approximate surface area is 130 Å². The molecule has 21 heavy (non-hydrogen) atoms. The highest BCUT2D eigenvalue weighted by Gasteiger charge is 2.24. The lowest BCUT2D eigenvalue weighted by atomic mass is 10.2. The topological polar surface area (TPSA) is 38.1 Å². The first-order valence-corrected chi connectivity index (χ1v) is 8.60. The molecule has 0 N–H and O–H groups in total. The van der Waals surface area contributed by atoms with E-state index in [4.69, 9.17) is 0 Å². The van der Waals surface area contributed by atoms with Gasteiger partial charge in [-0.05, 0) is 22.9 Å². The van der Waals surface area contributed by atoms with Crippen molar-refractivity contribution in [1.29, 1.82) is 0 Å². The second kappa shape index (κ2) is 5.13. The Morgan fingerprint density at radius 2 is 2.00 bits per heavy atom. The van der Waals surface area contributed by atoms with E-state index in [-0.39, 0.29) is 5.91 Å². The van der Waals surface area contributed by atoms with Crippen LogP contribution < -0.4 is 0 Å². The first-order chi connectivity index (χ1) is 10.3. The Morgan fingerprint density at radius 1 is 1.14 bits per heavy atom. The number of hydrogen-bond acceptors (Lipinski definition) is 4. The quantitative estimate of drug-likeness (QED) is 0.727. The highest BCUT2D eigenvalue weighted by molar-refractivity contribution is 7.08. The lowest BCUT2D eigenvalue weighted by Gasteiger charge is -2.28. The minimum absolute atomic E-state index is 0.0996. The molecule has 0 spiro atoms. The van der Waals surface area contributed by atoms with Crippen LogP contribution >= 0.6 is 22.7 Å². The molecule has 4 nitrogen and oxygen atoms in total. The SMILES string of the molecule is O=C(c1ccsc1)N1CCn2c(-c3ccsc3)cnc2C1.